The molecule has 0 aliphatic rings. The Morgan fingerprint density at radius 1 is 1.31 bits per heavy atom. The maximum atomic E-state index is 13.1. The molecule has 88 valence electrons. The van der Waals surface area contributed by atoms with Crippen molar-refractivity contribution in [2.45, 2.75) is 19.3 Å². The van der Waals surface area contributed by atoms with Crippen LogP contribution in [0.15, 0.2) is 18.2 Å². The van der Waals surface area contributed by atoms with Crippen LogP contribution in [0.25, 0.3) is 0 Å². The summed E-state index contributed by atoms with van der Waals surface area (Å²) in [5.74, 6) is -1.15. The number of hydrogen-bond donors (Lipinski definition) is 2. The van der Waals surface area contributed by atoms with Crippen molar-refractivity contribution >= 4 is 5.84 Å². The molecule has 0 unspecified atom stereocenters. The Labute approximate surface area is 92.7 Å². The van der Waals surface area contributed by atoms with Gasteiger partial charge in [-0.2, -0.15) is 0 Å². The first-order valence-corrected chi connectivity index (χ1v) is 5.00. The number of ether oxygens (including phenoxy) is 1. The van der Waals surface area contributed by atoms with Crippen LogP contribution in [0.4, 0.5) is 8.78 Å². The van der Waals surface area contributed by atoms with Crippen LogP contribution in [0.1, 0.15) is 19.3 Å². The molecule has 1 aromatic carbocycles. The lowest BCUT2D eigenvalue weighted by atomic mass is 10.2. The summed E-state index contributed by atoms with van der Waals surface area (Å²) in [4.78, 5) is 0. The first kappa shape index (κ1) is 12.4. The van der Waals surface area contributed by atoms with E-state index in [1.807, 2.05) is 0 Å². The van der Waals surface area contributed by atoms with Gasteiger partial charge in [0.05, 0.1) is 12.4 Å². The van der Waals surface area contributed by atoms with Gasteiger partial charge in [-0.25, -0.2) is 8.78 Å². The van der Waals surface area contributed by atoms with Crippen molar-refractivity contribution in [3.05, 3.63) is 29.8 Å². The quantitative estimate of drug-likeness (QED) is 0.446. The Morgan fingerprint density at radius 3 is 2.69 bits per heavy atom. The topological polar surface area (TPSA) is 59.1 Å². The minimum Gasteiger partial charge on any atom is -0.491 e. The molecule has 16 heavy (non-hydrogen) atoms. The molecular weight excluding hydrogens is 214 g/mol. The van der Waals surface area contributed by atoms with E-state index in [0.29, 0.717) is 19.4 Å². The second kappa shape index (κ2) is 6.05. The van der Waals surface area contributed by atoms with E-state index >= 15 is 0 Å². The zero-order valence-electron chi connectivity index (χ0n) is 8.80. The highest BCUT2D eigenvalue weighted by molar-refractivity contribution is 5.76. The average Bonchev–Trinajstić information content (AvgIpc) is 2.20. The van der Waals surface area contributed by atoms with Crippen LogP contribution >= 0.6 is 0 Å². The lowest BCUT2D eigenvalue weighted by Crippen LogP contribution is -2.09. The number of unbranched alkanes of at least 4 members (excludes halogenated alkanes) is 1. The van der Waals surface area contributed by atoms with Crippen LogP contribution in [0, 0.1) is 17.0 Å². The van der Waals surface area contributed by atoms with Gasteiger partial charge in [0, 0.05) is 12.5 Å². The van der Waals surface area contributed by atoms with Gasteiger partial charge in [0.2, 0.25) is 0 Å². The van der Waals surface area contributed by atoms with Crippen LogP contribution in [0.2, 0.25) is 0 Å². The van der Waals surface area contributed by atoms with Crippen LogP contribution in [0.5, 0.6) is 5.75 Å². The first-order chi connectivity index (χ1) is 7.59. The third-order valence-corrected chi connectivity index (χ3v) is 1.99. The summed E-state index contributed by atoms with van der Waals surface area (Å²) >= 11 is 0. The summed E-state index contributed by atoms with van der Waals surface area (Å²) in [6.07, 6.45) is 1.91. The molecule has 0 fully saturated rings. The van der Waals surface area contributed by atoms with E-state index < -0.39 is 11.6 Å². The number of hydrogen-bond acceptors (Lipinski definition) is 2. The number of nitrogens with two attached hydrogens (primary N) is 1. The van der Waals surface area contributed by atoms with Crippen molar-refractivity contribution in [2.75, 3.05) is 6.61 Å². The largest absolute Gasteiger partial charge is 0.491 e. The van der Waals surface area contributed by atoms with E-state index in [-0.39, 0.29) is 11.6 Å². The zero-order valence-corrected chi connectivity index (χ0v) is 8.80. The van der Waals surface area contributed by atoms with Gasteiger partial charge in [-0.15, -0.1) is 0 Å². The highest BCUT2D eigenvalue weighted by Crippen LogP contribution is 2.17. The molecule has 0 amide bonds. The number of benzene rings is 1. The molecule has 0 radical (unpaired) electrons. The number of halogens is 2. The van der Waals surface area contributed by atoms with Gasteiger partial charge in [0.25, 0.3) is 0 Å². The molecule has 3 nitrogen and oxygen atoms in total. The van der Waals surface area contributed by atoms with E-state index in [9.17, 15) is 8.78 Å². The third-order valence-electron chi connectivity index (χ3n) is 1.99. The SMILES string of the molecule is N=C(N)CCCCOc1ccc(F)cc1F. The molecular formula is C11H14F2N2O. The predicted molar refractivity (Wildman–Crippen MR) is 57.6 cm³/mol. The summed E-state index contributed by atoms with van der Waals surface area (Å²) < 4.78 is 30.7. The van der Waals surface area contributed by atoms with E-state index in [0.717, 1.165) is 18.6 Å². The molecule has 0 heterocycles. The number of nitrogens with one attached hydrogen (secondary N) is 1. The average molecular weight is 228 g/mol. The molecule has 0 aromatic heterocycles. The van der Waals surface area contributed by atoms with E-state index in [1.54, 1.807) is 0 Å². The van der Waals surface area contributed by atoms with Crippen LogP contribution in [0.3, 0.4) is 0 Å². The smallest absolute Gasteiger partial charge is 0.167 e. The fourth-order valence-corrected chi connectivity index (χ4v) is 1.19. The van der Waals surface area contributed by atoms with Crippen LogP contribution in [-0.4, -0.2) is 12.4 Å². The van der Waals surface area contributed by atoms with E-state index in [4.69, 9.17) is 15.9 Å². The summed E-state index contributed by atoms with van der Waals surface area (Å²) in [7, 11) is 0. The Bertz CT molecular complexity index is 369. The highest BCUT2D eigenvalue weighted by Gasteiger charge is 2.04. The van der Waals surface area contributed by atoms with Gasteiger partial charge in [-0.3, -0.25) is 5.41 Å². The first-order valence-electron chi connectivity index (χ1n) is 5.00. The normalized spacial score (nSPS) is 10.1. The molecule has 0 saturated carbocycles. The van der Waals surface area contributed by atoms with Gasteiger partial charge in [0.1, 0.15) is 5.82 Å². The van der Waals surface area contributed by atoms with Gasteiger partial charge in [-0.05, 0) is 25.0 Å². The second-order valence-corrected chi connectivity index (χ2v) is 3.41. The van der Waals surface area contributed by atoms with Crippen molar-refractivity contribution in [1.29, 1.82) is 5.41 Å². The Kier molecular flexibility index (Phi) is 4.69. The van der Waals surface area contributed by atoms with Crippen molar-refractivity contribution < 1.29 is 13.5 Å². The summed E-state index contributed by atoms with van der Waals surface area (Å²) in [5, 5.41) is 6.99. The Hall–Kier alpha value is -1.65. The van der Waals surface area contributed by atoms with E-state index in [1.165, 1.54) is 6.07 Å². The second-order valence-electron chi connectivity index (χ2n) is 3.41. The maximum absolute atomic E-state index is 13.1. The summed E-state index contributed by atoms with van der Waals surface area (Å²) in [6.45, 7) is 0.329. The fourth-order valence-electron chi connectivity index (χ4n) is 1.19. The predicted octanol–water partition coefficient (Wildman–Crippen LogP) is 2.45. The minimum absolute atomic E-state index is 0.0456. The van der Waals surface area contributed by atoms with Gasteiger partial charge in [0.15, 0.2) is 11.6 Å². The molecule has 0 bridgehead atoms. The highest BCUT2D eigenvalue weighted by atomic mass is 19.1. The lowest BCUT2D eigenvalue weighted by molar-refractivity contribution is 0.292. The number of rotatable bonds is 6. The van der Waals surface area contributed by atoms with Crippen molar-refractivity contribution in [3.63, 3.8) is 0 Å². The Morgan fingerprint density at radius 2 is 2.06 bits per heavy atom. The molecule has 0 atom stereocenters. The Balaban J connectivity index is 2.29. The molecule has 0 aliphatic carbocycles. The molecule has 0 saturated heterocycles. The molecule has 0 spiro atoms. The third kappa shape index (κ3) is 4.25. The molecule has 5 heteroatoms. The molecule has 1 aromatic rings. The lowest BCUT2D eigenvalue weighted by Gasteiger charge is -2.06. The van der Waals surface area contributed by atoms with E-state index in [2.05, 4.69) is 0 Å². The van der Waals surface area contributed by atoms with Crippen molar-refractivity contribution in [3.8, 4) is 5.75 Å². The molecule has 3 N–H and O–H groups in total. The van der Waals surface area contributed by atoms with Crippen LogP contribution in [-0.2, 0) is 0 Å². The summed E-state index contributed by atoms with van der Waals surface area (Å²) in [5.41, 5.74) is 5.17. The standard InChI is InChI=1S/C11H14F2N2O/c12-8-4-5-10(9(13)7-8)16-6-2-1-3-11(14)15/h4-5,7H,1-3,6H2,(H3,14,15). The van der Waals surface area contributed by atoms with Crippen molar-refractivity contribution in [1.82, 2.24) is 0 Å². The van der Waals surface area contributed by atoms with Gasteiger partial charge in [-0.1, -0.05) is 0 Å². The fraction of sp³-hybridized carbons (Fsp3) is 0.364. The summed E-state index contributed by atoms with van der Waals surface area (Å²) in [6, 6.07) is 3.19. The minimum atomic E-state index is -0.702. The molecule has 0 aliphatic heterocycles. The number of amidine groups is 1. The van der Waals surface area contributed by atoms with Crippen molar-refractivity contribution in [2.24, 2.45) is 5.73 Å². The maximum Gasteiger partial charge on any atom is 0.167 e. The van der Waals surface area contributed by atoms with Crippen LogP contribution < -0.4 is 10.5 Å². The van der Waals surface area contributed by atoms with Gasteiger partial charge >= 0.3 is 0 Å². The molecule has 1 rings (SSSR count). The monoisotopic (exact) mass is 228 g/mol. The zero-order chi connectivity index (χ0) is 12.0. The van der Waals surface area contributed by atoms with Gasteiger partial charge < -0.3 is 10.5 Å².